The summed E-state index contributed by atoms with van der Waals surface area (Å²) in [5.74, 6) is 0.848. The Labute approximate surface area is 116 Å². The van der Waals surface area contributed by atoms with Crippen molar-refractivity contribution in [3.63, 3.8) is 0 Å². The fourth-order valence-electron chi connectivity index (χ4n) is 1.94. The fraction of sp³-hybridized carbons (Fsp3) is 0.0625. The molecule has 94 valence electrons. The van der Waals surface area contributed by atoms with Crippen LogP contribution in [-0.4, -0.2) is 4.98 Å². The lowest BCUT2D eigenvalue weighted by molar-refractivity contribution is 0.310. The maximum absolute atomic E-state index is 5.86. The van der Waals surface area contributed by atoms with Gasteiger partial charge in [0, 0.05) is 16.6 Å². The van der Waals surface area contributed by atoms with Crippen LogP contribution < -0.4 is 4.74 Å². The molecule has 0 atom stereocenters. The molecule has 0 saturated carbocycles. The van der Waals surface area contributed by atoms with Gasteiger partial charge in [-0.05, 0) is 35.9 Å². The van der Waals surface area contributed by atoms with Crippen molar-refractivity contribution in [3.05, 3.63) is 71.4 Å². The van der Waals surface area contributed by atoms with Crippen molar-refractivity contribution < 1.29 is 4.74 Å². The van der Waals surface area contributed by atoms with Gasteiger partial charge in [0.15, 0.2) is 0 Å². The summed E-state index contributed by atoms with van der Waals surface area (Å²) in [4.78, 5) is 4.31. The van der Waals surface area contributed by atoms with Crippen LogP contribution in [0.4, 0.5) is 0 Å². The van der Waals surface area contributed by atoms with Crippen LogP contribution in [0.2, 0.25) is 5.02 Å². The van der Waals surface area contributed by atoms with Crippen molar-refractivity contribution in [2.45, 2.75) is 6.61 Å². The minimum Gasteiger partial charge on any atom is -0.488 e. The van der Waals surface area contributed by atoms with Gasteiger partial charge < -0.3 is 4.74 Å². The molecule has 3 aromatic rings. The molecule has 0 aliphatic heterocycles. The lowest BCUT2D eigenvalue weighted by atomic mass is 10.2. The van der Waals surface area contributed by atoms with E-state index < -0.39 is 0 Å². The first kappa shape index (κ1) is 12.0. The number of aromatic nitrogens is 1. The van der Waals surface area contributed by atoms with E-state index in [-0.39, 0.29) is 0 Å². The summed E-state index contributed by atoms with van der Waals surface area (Å²) < 4.78 is 5.86. The first-order chi connectivity index (χ1) is 9.33. The molecule has 2 aromatic carbocycles. The van der Waals surface area contributed by atoms with Crippen LogP contribution in [0.3, 0.4) is 0 Å². The Morgan fingerprint density at radius 3 is 2.58 bits per heavy atom. The number of para-hydroxylation sites is 1. The molecule has 1 aromatic heterocycles. The Kier molecular flexibility index (Phi) is 3.34. The first-order valence-electron chi connectivity index (χ1n) is 6.04. The molecule has 0 amide bonds. The normalized spacial score (nSPS) is 10.6. The third-order valence-corrected chi connectivity index (χ3v) is 3.17. The van der Waals surface area contributed by atoms with Crippen molar-refractivity contribution in [1.29, 1.82) is 0 Å². The molecule has 0 aliphatic carbocycles. The summed E-state index contributed by atoms with van der Waals surface area (Å²) in [6.45, 7) is 0.519. The molecule has 0 saturated heterocycles. The van der Waals surface area contributed by atoms with Gasteiger partial charge in [0.2, 0.25) is 0 Å². The second-order valence-corrected chi connectivity index (χ2v) is 4.68. The fourth-order valence-corrected chi connectivity index (χ4v) is 2.06. The van der Waals surface area contributed by atoms with Gasteiger partial charge in [0.25, 0.3) is 0 Å². The van der Waals surface area contributed by atoms with Crippen LogP contribution >= 0.6 is 11.6 Å². The van der Waals surface area contributed by atoms with E-state index in [1.807, 2.05) is 54.6 Å². The van der Waals surface area contributed by atoms with Crippen LogP contribution in [0.25, 0.3) is 10.9 Å². The highest BCUT2D eigenvalue weighted by atomic mass is 35.5. The zero-order chi connectivity index (χ0) is 13.1. The van der Waals surface area contributed by atoms with Crippen LogP contribution in [0, 0.1) is 0 Å². The molecule has 0 aliphatic rings. The monoisotopic (exact) mass is 269 g/mol. The Bertz CT molecular complexity index is 689. The highest BCUT2D eigenvalue weighted by Crippen LogP contribution is 2.24. The summed E-state index contributed by atoms with van der Waals surface area (Å²) in [6, 6.07) is 17.5. The first-order valence-corrected chi connectivity index (χ1v) is 6.42. The lowest BCUT2D eigenvalue weighted by Gasteiger charge is -2.09. The van der Waals surface area contributed by atoms with Gasteiger partial charge in [-0.25, -0.2) is 0 Å². The average molecular weight is 270 g/mol. The Hall–Kier alpha value is -2.06. The number of fused-ring (bicyclic) bond motifs is 1. The van der Waals surface area contributed by atoms with E-state index in [9.17, 15) is 0 Å². The number of hydrogen-bond acceptors (Lipinski definition) is 2. The van der Waals surface area contributed by atoms with Crippen molar-refractivity contribution in [3.8, 4) is 5.75 Å². The van der Waals surface area contributed by atoms with Crippen LogP contribution in [-0.2, 0) is 6.61 Å². The Morgan fingerprint density at radius 1 is 0.947 bits per heavy atom. The predicted molar refractivity (Wildman–Crippen MR) is 77.5 cm³/mol. The average Bonchev–Trinajstić information content (AvgIpc) is 2.47. The summed E-state index contributed by atoms with van der Waals surface area (Å²) in [7, 11) is 0. The lowest BCUT2D eigenvalue weighted by Crippen LogP contribution is -1.96. The van der Waals surface area contributed by atoms with E-state index in [4.69, 9.17) is 16.3 Å². The summed E-state index contributed by atoms with van der Waals surface area (Å²) in [5.41, 5.74) is 2.03. The SMILES string of the molecule is Clc1ccc(COc2ccnc3ccccc23)cc1. The van der Waals surface area contributed by atoms with Crippen molar-refractivity contribution >= 4 is 22.5 Å². The van der Waals surface area contributed by atoms with E-state index >= 15 is 0 Å². The molecule has 3 heteroatoms. The number of hydrogen-bond donors (Lipinski definition) is 0. The summed E-state index contributed by atoms with van der Waals surface area (Å²) in [5, 5.41) is 1.76. The third kappa shape index (κ3) is 2.69. The van der Waals surface area contributed by atoms with E-state index in [0.717, 1.165) is 27.2 Å². The van der Waals surface area contributed by atoms with Gasteiger partial charge >= 0.3 is 0 Å². The molecule has 0 N–H and O–H groups in total. The van der Waals surface area contributed by atoms with Gasteiger partial charge in [0.1, 0.15) is 12.4 Å². The van der Waals surface area contributed by atoms with Gasteiger partial charge in [-0.3, -0.25) is 4.98 Å². The number of rotatable bonds is 3. The quantitative estimate of drug-likeness (QED) is 0.700. The number of halogens is 1. The molecule has 0 unspecified atom stereocenters. The van der Waals surface area contributed by atoms with Gasteiger partial charge in [0.05, 0.1) is 5.52 Å². The molecule has 1 heterocycles. The number of pyridine rings is 1. The molecule has 0 radical (unpaired) electrons. The third-order valence-electron chi connectivity index (χ3n) is 2.92. The molecular formula is C16H12ClNO. The van der Waals surface area contributed by atoms with Gasteiger partial charge in [-0.1, -0.05) is 35.9 Å². The molecule has 3 rings (SSSR count). The number of ether oxygens (including phenoxy) is 1. The minimum absolute atomic E-state index is 0.519. The summed E-state index contributed by atoms with van der Waals surface area (Å²) in [6.07, 6.45) is 1.76. The van der Waals surface area contributed by atoms with Crippen molar-refractivity contribution in [2.75, 3.05) is 0 Å². The largest absolute Gasteiger partial charge is 0.488 e. The zero-order valence-corrected chi connectivity index (χ0v) is 11.0. The second-order valence-electron chi connectivity index (χ2n) is 4.24. The maximum atomic E-state index is 5.86. The zero-order valence-electron chi connectivity index (χ0n) is 10.2. The molecule has 2 nitrogen and oxygen atoms in total. The Balaban J connectivity index is 1.84. The van der Waals surface area contributed by atoms with Gasteiger partial charge in [-0.15, -0.1) is 0 Å². The topological polar surface area (TPSA) is 22.1 Å². The summed E-state index contributed by atoms with van der Waals surface area (Å²) >= 11 is 5.86. The van der Waals surface area contributed by atoms with E-state index in [1.54, 1.807) is 6.20 Å². The van der Waals surface area contributed by atoms with Gasteiger partial charge in [-0.2, -0.15) is 0 Å². The highest BCUT2D eigenvalue weighted by Gasteiger charge is 2.02. The number of benzene rings is 2. The van der Waals surface area contributed by atoms with Crippen LogP contribution in [0.1, 0.15) is 5.56 Å². The molecule has 0 bridgehead atoms. The highest BCUT2D eigenvalue weighted by molar-refractivity contribution is 6.30. The molecule has 0 fully saturated rings. The smallest absolute Gasteiger partial charge is 0.130 e. The maximum Gasteiger partial charge on any atom is 0.130 e. The van der Waals surface area contributed by atoms with Crippen LogP contribution in [0.15, 0.2) is 60.8 Å². The molecular weight excluding hydrogens is 258 g/mol. The standard InChI is InChI=1S/C16H12ClNO/c17-13-7-5-12(6-8-13)11-19-16-9-10-18-15-4-2-1-3-14(15)16/h1-10H,11H2. The number of nitrogens with zero attached hydrogens (tertiary/aromatic N) is 1. The van der Waals surface area contributed by atoms with Crippen LogP contribution in [0.5, 0.6) is 5.75 Å². The van der Waals surface area contributed by atoms with E-state index in [1.165, 1.54) is 0 Å². The minimum atomic E-state index is 0.519. The molecule has 0 spiro atoms. The van der Waals surface area contributed by atoms with Crippen molar-refractivity contribution in [2.24, 2.45) is 0 Å². The van der Waals surface area contributed by atoms with E-state index in [2.05, 4.69) is 4.98 Å². The molecule has 19 heavy (non-hydrogen) atoms. The Morgan fingerprint density at radius 2 is 1.74 bits per heavy atom. The van der Waals surface area contributed by atoms with Crippen molar-refractivity contribution in [1.82, 2.24) is 4.98 Å². The second kappa shape index (κ2) is 5.29. The predicted octanol–water partition coefficient (Wildman–Crippen LogP) is 4.47. The van der Waals surface area contributed by atoms with E-state index in [0.29, 0.717) is 6.61 Å².